The number of thiazole rings is 1. The van der Waals surface area contributed by atoms with Crippen LogP contribution in [0.25, 0.3) is 22.2 Å². The van der Waals surface area contributed by atoms with Crippen LogP contribution in [0.3, 0.4) is 0 Å². The van der Waals surface area contributed by atoms with Crippen LogP contribution >= 0.6 is 11.3 Å². The van der Waals surface area contributed by atoms with Crippen LogP contribution in [0.15, 0.2) is 48.5 Å². The highest BCUT2D eigenvalue weighted by atomic mass is 32.1. The Morgan fingerprint density at radius 2 is 2.23 bits per heavy atom. The largest absolute Gasteiger partial charge is 0.298 e. The van der Waals surface area contributed by atoms with Gasteiger partial charge in [0.1, 0.15) is 12.0 Å². The summed E-state index contributed by atoms with van der Waals surface area (Å²) >= 11 is 1.52. The zero-order chi connectivity index (χ0) is 17.5. The Kier molecular flexibility index (Phi) is 3.54. The van der Waals surface area contributed by atoms with Crippen molar-refractivity contribution in [2.24, 2.45) is 0 Å². The molecule has 0 unspecified atom stereocenters. The van der Waals surface area contributed by atoms with Crippen molar-refractivity contribution in [2.45, 2.75) is 6.42 Å². The van der Waals surface area contributed by atoms with E-state index in [-0.39, 0.29) is 5.91 Å². The first-order valence-corrected chi connectivity index (χ1v) is 9.05. The SMILES string of the molecule is O=C(c1nc(-c2cn(-c3nccs3)cn2)n2ccccc12)N1CCCO1. The van der Waals surface area contributed by atoms with Gasteiger partial charge in [-0.15, -0.1) is 11.3 Å². The molecule has 1 saturated heterocycles. The van der Waals surface area contributed by atoms with Crippen LogP contribution in [0.1, 0.15) is 16.9 Å². The number of hydroxylamine groups is 2. The minimum atomic E-state index is -0.225. The molecule has 1 fully saturated rings. The third-order valence-electron chi connectivity index (χ3n) is 4.18. The van der Waals surface area contributed by atoms with Gasteiger partial charge in [0.05, 0.1) is 18.7 Å². The molecule has 5 heterocycles. The molecule has 4 aromatic heterocycles. The van der Waals surface area contributed by atoms with Crippen LogP contribution in [0.2, 0.25) is 0 Å². The molecule has 0 atom stereocenters. The number of rotatable bonds is 3. The smallest absolute Gasteiger partial charge is 0.298 e. The maximum atomic E-state index is 12.8. The molecule has 4 aromatic rings. The van der Waals surface area contributed by atoms with E-state index in [1.165, 1.54) is 16.4 Å². The lowest BCUT2D eigenvalue weighted by Crippen LogP contribution is -2.27. The Bertz CT molecular complexity index is 1080. The van der Waals surface area contributed by atoms with Gasteiger partial charge in [-0.1, -0.05) is 6.07 Å². The number of carbonyl (C=O) groups excluding carboxylic acids is 1. The van der Waals surface area contributed by atoms with Crippen LogP contribution in [0, 0.1) is 0 Å². The molecule has 9 heteroatoms. The standard InChI is InChI=1S/C17H14N6O2S/c24-16(23-7-3-8-25-23)14-13-4-1-2-6-22(13)15(20-14)12-10-21(11-19-12)17-18-5-9-26-17/h1-2,4-6,9-11H,3,7-8H2. The molecule has 0 aliphatic carbocycles. The summed E-state index contributed by atoms with van der Waals surface area (Å²) in [5.41, 5.74) is 1.76. The number of nitrogens with zero attached hydrogens (tertiary/aromatic N) is 6. The first-order valence-electron chi connectivity index (χ1n) is 8.17. The van der Waals surface area contributed by atoms with Crippen molar-refractivity contribution in [1.29, 1.82) is 0 Å². The molecule has 5 rings (SSSR count). The zero-order valence-electron chi connectivity index (χ0n) is 13.6. The fraction of sp³-hybridized carbons (Fsp3) is 0.176. The molecule has 0 saturated carbocycles. The van der Waals surface area contributed by atoms with Gasteiger partial charge >= 0.3 is 0 Å². The molecule has 8 nitrogen and oxygen atoms in total. The van der Waals surface area contributed by atoms with E-state index in [1.807, 2.05) is 44.9 Å². The lowest BCUT2D eigenvalue weighted by atomic mass is 10.3. The monoisotopic (exact) mass is 366 g/mol. The van der Waals surface area contributed by atoms with E-state index in [4.69, 9.17) is 4.84 Å². The molecule has 0 bridgehead atoms. The van der Waals surface area contributed by atoms with Crippen molar-refractivity contribution < 1.29 is 9.63 Å². The van der Waals surface area contributed by atoms with Crippen molar-refractivity contribution in [2.75, 3.05) is 13.2 Å². The van der Waals surface area contributed by atoms with Gasteiger partial charge in [-0.25, -0.2) is 20.0 Å². The highest BCUT2D eigenvalue weighted by Gasteiger charge is 2.27. The molecule has 0 spiro atoms. The summed E-state index contributed by atoms with van der Waals surface area (Å²) in [7, 11) is 0. The molecule has 26 heavy (non-hydrogen) atoms. The number of pyridine rings is 1. The normalized spacial score (nSPS) is 14.4. The lowest BCUT2D eigenvalue weighted by Gasteiger charge is -2.11. The van der Waals surface area contributed by atoms with Gasteiger partial charge in [0.2, 0.25) is 0 Å². The number of aromatic nitrogens is 5. The molecule has 1 aliphatic rings. The Labute approximate surface area is 152 Å². The van der Waals surface area contributed by atoms with E-state index in [0.29, 0.717) is 30.4 Å². The van der Waals surface area contributed by atoms with Crippen LogP contribution in [0.4, 0.5) is 0 Å². The predicted molar refractivity (Wildman–Crippen MR) is 95.0 cm³/mol. The highest BCUT2D eigenvalue weighted by Crippen LogP contribution is 2.24. The second-order valence-corrected chi connectivity index (χ2v) is 6.69. The summed E-state index contributed by atoms with van der Waals surface area (Å²) in [4.78, 5) is 31.5. The average Bonchev–Trinajstić information content (AvgIpc) is 3.47. The van der Waals surface area contributed by atoms with Gasteiger partial charge in [0.15, 0.2) is 16.6 Å². The Morgan fingerprint density at radius 3 is 3.04 bits per heavy atom. The predicted octanol–water partition coefficient (Wildman–Crippen LogP) is 2.42. The molecule has 1 amide bonds. The Balaban J connectivity index is 1.61. The van der Waals surface area contributed by atoms with Crippen LogP contribution < -0.4 is 0 Å². The molecule has 0 radical (unpaired) electrons. The quantitative estimate of drug-likeness (QED) is 0.556. The second-order valence-electron chi connectivity index (χ2n) is 5.81. The molecule has 0 aromatic carbocycles. The zero-order valence-corrected chi connectivity index (χ0v) is 14.5. The van der Waals surface area contributed by atoms with E-state index in [0.717, 1.165) is 17.1 Å². The van der Waals surface area contributed by atoms with Gasteiger partial charge in [-0.3, -0.25) is 18.6 Å². The van der Waals surface area contributed by atoms with Crippen molar-refractivity contribution in [1.82, 2.24) is 29.0 Å². The van der Waals surface area contributed by atoms with Crippen LogP contribution in [-0.2, 0) is 4.84 Å². The number of fused-ring (bicyclic) bond motifs is 1. The number of hydrogen-bond acceptors (Lipinski definition) is 6. The van der Waals surface area contributed by atoms with Crippen molar-refractivity contribution in [3.63, 3.8) is 0 Å². The van der Waals surface area contributed by atoms with Gasteiger partial charge in [0.25, 0.3) is 5.91 Å². The maximum Gasteiger partial charge on any atom is 0.298 e. The maximum absolute atomic E-state index is 12.8. The first-order chi connectivity index (χ1) is 12.8. The molecule has 0 N–H and O–H groups in total. The number of amides is 1. The summed E-state index contributed by atoms with van der Waals surface area (Å²) < 4.78 is 3.72. The van der Waals surface area contributed by atoms with E-state index in [2.05, 4.69) is 15.0 Å². The minimum Gasteiger partial charge on any atom is -0.298 e. The van der Waals surface area contributed by atoms with E-state index < -0.39 is 0 Å². The third kappa shape index (κ3) is 2.40. The molecule has 130 valence electrons. The van der Waals surface area contributed by atoms with Crippen molar-refractivity contribution >= 4 is 22.8 Å². The second kappa shape index (κ2) is 6.04. The minimum absolute atomic E-state index is 0.225. The summed E-state index contributed by atoms with van der Waals surface area (Å²) in [5.74, 6) is 0.384. The summed E-state index contributed by atoms with van der Waals surface area (Å²) in [6.45, 7) is 1.14. The average molecular weight is 366 g/mol. The molecular weight excluding hydrogens is 352 g/mol. The number of carbonyl (C=O) groups is 1. The summed E-state index contributed by atoms with van der Waals surface area (Å²) in [6.07, 6.45) is 8.02. The topological polar surface area (TPSA) is 77.5 Å². The Morgan fingerprint density at radius 1 is 1.27 bits per heavy atom. The highest BCUT2D eigenvalue weighted by molar-refractivity contribution is 7.12. The van der Waals surface area contributed by atoms with Gasteiger partial charge in [0, 0.05) is 24.0 Å². The van der Waals surface area contributed by atoms with E-state index in [9.17, 15) is 4.79 Å². The lowest BCUT2D eigenvalue weighted by molar-refractivity contribution is -0.0770. The number of hydrogen-bond donors (Lipinski definition) is 0. The van der Waals surface area contributed by atoms with Crippen LogP contribution in [0.5, 0.6) is 0 Å². The fourth-order valence-corrected chi connectivity index (χ4v) is 3.57. The van der Waals surface area contributed by atoms with E-state index >= 15 is 0 Å². The number of imidazole rings is 2. The molecular formula is C17H14N6O2S. The van der Waals surface area contributed by atoms with Crippen LogP contribution in [-0.4, -0.2) is 48.0 Å². The Hall–Kier alpha value is -3.04. The molecule has 1 aliphatic heterocycles. The summed E-state index contributed by atoms with van der Waals surface area (Å²) in [6, 6.07) is 5.66. The van der Waals surface area contributed by atoms with Gasteiger partial charge in [-0.2, -0.15) is 0 Å². The van der Waals surface area contributed by atoms with Crippen molar-refractivity contribution in [3.05, 3.63) is 54.2 Å². The van der Waals surface area contributed by atoms with E-state index in [1.54, 1.807) is 12.5 Å². The van der Waals surface area contributed by atoms with Crippen molar-refractivity contribution in [3.8, 4) is 16.6 Å². The first kappa shape index (κ1) is 15.2. The van der Waals surface area contributed by atoms with Gasteiger partial charge in [-0.05, 0) is 18.6 Å². The third-order valence-corrected chi connectivity index (χ3v) is 4.97. The summed E-state index contributed by atoms with van der Waals surface area (Å²) in [5, 5.41) is 4.12. The van der Waals surface area contributed by atoms with Gasteiger partial charge < -0.3 is 0 Å². The fourth-order valence-electron chi connectivity index (χ4n) is 2.99.